The number of aliphatic hydroxyl groups is 1. The van der Waals surface area contributed by atoms with Gasteiger partial charge in [-0.3, -0.25) is 4.98 Å². The summed E-state index contributed by atoms with van der Waals surface area (Å²) in [6.45, 7) is 0. The summed E-state index contributed by atoms with van der Waals surface area (Å²) in [6, 6.07) is 9.27. The van der Waals surface area contributed by atoms with Gasteiger partial charge in [0.1, 0.15) is 5.82 Å². The number of aliphatic hydroxyl groups excluding tert-OH is 1. The Morgan fingerprint density at radius 2 is 2.22 bits per heavy atom. The van der Waals surface area contributed by atoms with Crippen molar-refractivity contribution in [3.63, 3.8) is 0 Å². The molecule has 0 radical (unpaired) electrons. The molecule has 94 valence electrons. The van der Waals surface area contributed by atoms with E-state index in [4.69, 9.17) is 0 Å². The molecule has 0 fully saturated rings. The second-order valence-corrected chi connectivity index (χ2v) is 5.69. The zero-order chi connectivity index (χ0) is 13.0. The molecule has 5 heteroatoms. The van der Waals surface area contributed by atoms with Crippen LogP contribution in [0.3, 0.4) is 0 Å². The number of nitrogens with zero attached hydrogens (tertiary/aromatic N) is 1. The van der Waals surface area contributed by atoms with Crippen LogP contribution < -0.4 is 0 Å². The van der Waals surface area contributed by atoms with Gasteiger partial charge >= 0.3 is 0 Å². The maximum atomic E-state index is 13.4. The van der Waals surface area contributed by atoms with Crippen molar-refractivity contribution in [2.45, 2.75) is 11.0 Å². The highest BCUT2D eigenvalue weighted by Gasteiger charge is 2.12. The standard InChI is InChI=1S/C13H11BrFNOS/c14-9-2-1-3-10(6-9)18-8-13(17)11-4-5-16-7-12(11)15/h1-7,13,17H,8H2. The first kappa shape index (κ1) is 13.5. The first-order valence-electron chi connectivity index (χ1n) is 5.32. The number of pyridine rings is 1. The maximum absolute atomic E-state index is 13.4. The van der Waals surface area contributed by atoms with Crippen molar-refractivity contribution in [3.05, 3.63) is 58.6 Å². The molecule has 1 N–H and O–H groups in total. The molecule has 1 aromatic heterocycles. The van der Waals surface area contributed by atoms with E-state index in [1.165, 1.54) is 24.0 Å². The molecular weight excluding hydrogens is 317 g/mol. The van der Waals surface area contributed by atoms with Crippen LogP contribution in [0.1, 0.15) is 11.7 Å². The highest BCUT2D eigenvalue weighted by molar-refractivity contribution is 9.10. The smallest absolute Gasteiger partial charge is 0.147 e. The first-order valence-corrected chi connectivity index (χ1v) is 7.10. The zero-order valence-corrected chi connectivity index (χ0v) is 11.8. The topological polar surface area (TPSA) is 33.1 Å². The molecule has 0 aliphatic heterocycles. The van der Waals surface area contributed by atoms with Crippen LogP contribution in [0.5, 0.6) is 0 Å². The number of hydrogen-bond acceptors (Lipinski definition) is 3. The Balaban J connectivity index is 2.00. The third-order valence-electron chi connectivity index (χ3n) is 2.37. The lowest BCUT2D eigenvalue weighted by Crippen LogP contribution is -2.03. The normalized spacial score (nSPS) is 12.4. The van der Waals surface area contributed by atoms with Crippen LogP contribution in [0.15, 0.2) is 52.1 Å². The fourth-order valence-electron chi connectivity index (χ4n) is 1.48. The predicted octanol–water partition coefficient (Wildman–Crippen LogP) is 3.81. The maximum Gasteiger partial charge on any atom is 0.147 e. The Kier molecular flexibility index (Phi) is 4.74. The number of halogens is 2. The molecule has 2 aromatic rings. The molecule has 2 rings (SSSR count). The second-order valence-electron chi connectivity index (χ2n) is 3.68. The molecule has 1 aromatic carbocycles. The average Bonchev–Trinajstić information content (AvgIpc) is 2.37. The molecule has 0 saturated heterocycles. The van der Waals surface area contributed by atoms with Crippen LogP contribution in [0.4, 0.5) is 4.39 Å². The van der Waals surface area contributed by atoms with Gasteiger partial charge in [-0.15, -0.1) is 11.8 Å². The quantitative estimate of drug-likeness (QED) is 0.867. The summed E-state index contributed by atoms with van der Waals surface area (Å²) in [5.74, 6) is -0.0722. The van der Waals surface area contributed by atoms with Gasteiger partial charge in [0.2, 0.25) is 0 Å². The van der Waals surface area contributed by atoms with E-state index in [0.29, 0.717) is 5.75 Å². The first-order chi connectivity index (χ1) is 8.66. The molecule has 0 aliphatic carbocycles. The molecule has 1 unspecified atom stereocenters. The molecule has 0 bridgehead atoms. The van der Waals surface area contributed by atoms with Crippen LogP contribution in [0.25, 0.3) is 0 Å². The minimum atomic E-state index is -0.836. The van der Waals surface area contributed by atoms with Crippen molar-refractivity contribution in [2.24, 2.45) is 0 Å². The average molecular weight is 328 g/mol. The third-order valence-corrected chi connectivity index (χ3v) is 3.93. The molecule has 1 heterocycles. The summed E-state index contributed by atoms with van der Waals surface area (Å²) >= 11 is 4.86. The van der Waals surface area contributed by atoms with Crippen LogP contribution in [-0.4, -0.2) is 15.8 Å². The van der Waals surface area contributed by atoms with E-state index in [2.05, 4.69) is 20.9 Å². The Hall–Kier alpha value is -0.910. The molecule has 0 saturated carbocycles. The largest absolute Gasteiger partial charge is 0.387 e. The Morgan fingerprint density at radius 1 is 1.39 bits per heavy atom. The minimum absolute atomic E-state index is 0.285. The van der Waals surface area contributed by atoms with Gasteiger partial charge in [0, 0.05) is 26.9 Å². The van der Waals surface area contributed by atoms with E-state index >= 15 is 0 Å². The highest BCUT2D eigenvalue weighted by Crippen LogP contribution is 2.27. The Labute approximate surface area is 117 Å². The van der Waals surface area contributed by atoms with Gasteiger partial charge in [0.25, 0.3) is 0 Å². The predicted molar refractivity (Wildman–Crippen MR) is 74.0 cm³/mol. The van der Waals surface area contributed by atoms with Crippen LogP contribution >= 0.6 is 27.7 Å². The highest BCUT2D eigenvalue weighted by atomic mass is 79.9. The van der Waals surface area contributed by atoms with Gasteiger partial charge in [-0.1, -0.05) is 22.0 Å². The van der Waals surface area contributed by atoms with Gasteiger partial charge < -0.3 is 5.11 Å². The third kappa shape index (κ3) is 3.54. The van der Waals surface area contributed by atoms with Crippen LogP contribution in [0.2, 0.25) is 0 Å². The molecular formula is C13H11BrFNOS. The number of thioether (sulfide) groups is 1. The van der Waals surface area contributed by atoms with Crippen molar-refractivity contribution in [1.82, 2.24) is 4.98 Å². The van der Waals surface area contributed by atoms with Gasteiger partial charge in [0.15, 0.2) is 0 Å². The lowest BCUT2D eigenvalue weighted by atomic mass is 10.2. The van der Waals surface area contributed by atoms with E-state index in [0.717, 1.165) is 15.6 Å². The number of rotatable bonds is 4. The van der Waals surface area contributed by atoms with Gasteiger partial charge in [0.05, 0.1) is 12.3 Å². The summed E-state index contributed by atoms with van der Waals surface area (Å²) in [5.41, 5.74) is 0.285. The van der Waals surface area contributed by atoms with Gasteiger partial charge in [-0.05, 0) is 24.3 Å². The molecule has 18 heavy (non-hydrogen) atoms. The number of benzene rings is 1. The Morgan fingerprint density at radius 3 is 2.94 bits per heavy atom. The molecule has 0 spiro atoms. The number of aromatic nitrogens is 1. The fraction of sp³-hybridized carbons (Fsp3) is 0.154. The van der Waals surface area contributed by atoms with Crippen molar-refractivity contribution < 1.29 is 9.50 Å². The van der Waals surface area contributed by atoms with E-state index < -0.39 is 11.9 Å². The molecule has 2 nitrogen and oxygen atoms in total. The van der Waals surface area contributed by atoms with E-state index in [1.54, 1.807) is 0 Å². The van der Waals surface area contributed by atoms with Crippen molar-refractivity contribution in [3.8, 4) is 0 Å². The van der Waals surface area contributed by atoms with Crippen molar-refractivity contribution in [2.75, 3.05) is 5.75 Å². The van der Waals surface area contributed by atoms with Crippen molar-refractivity contribution in [1.29, 1.82) is 0 Å². The van der Waals surface area contributed by atoms with E-state index in [9.17, 15) is 9.50 Å². The van der Waals surface area contributed by atoms with Crippen LogP contribution in [-0.2, 0) is 0 Å². The van der Waals surface area contributed by atoms with E-state index in [-0.39, 0.29) is 5.56 Å². The van der Waals surface area contributed by atoms with E-state index in [1.807, 2.05) is 24.3 Å². The SMILES string of the molecule is OC(CSc1cccc(Br)c1)c1ccncc1F. The van der Waals surface area contributed by atoms with Crippen LogP contribution in [0, 0.1) is 5.82 Å². The summed E-state index contributed by atoms with van der Waals surface area (Å²) in [7, 11) is 0. The van der Waals surface area contributed by atoms with Gasteiger partial charge in [-0.25, -0.2) is 4.39 Å². The second kappa shape index (κ2) is 6.31. The lowest BCUT2D eigenvalue weighted by Gasteiger charge is -2.11. The van der Waals surface area contributed by atoms with Crippen molar-refractivity contribution >= 4 is 27.7 Å². The fourth-order valence-corrected chi connectivity index (χ4v) is 2.94. The summed E-state index contributed by atoms with van der Waals surface area (Å²) in [6.07, 6.45) is 1.75. The minimum Gasteiger partial charge on any atom is -0.387 e. The molecule has 0 aliphatic rings. The summed E-state index contributed by atoms with van der Waals surface area (Å²) in [5, 5.41) is 9.93. The Bertz CT molecular complexity index is 538. The van der Waals surface area contributed by atoms with Gasteiger partial charge in [-0.2, -0.15) is 0 Å². The monoisotopic (exact) mass is 327 g/mol. The summed E-state index contributed by atoms with van der Waals surface area (Å²) in [4.78, 5) is 4.68. The lowest BCUT2D eigenvalue weighted by molar-refractivity contribution is 0.198. The molecule has 0 amide bonds. The summed E-state index contributed by atoms with van der Waals surface area (Å²) < 4.78 is 14.4. The zero-order valence-electron chi connectivity index (χ0n) is 9.38. The number of hydrogen-bond donors (Lipinski definition) is 1. The molecule has 1 atom stereocenters.